The van der Waals surface area contributed by atoms with E-state index in [-0.39, 0.29) is 11.9 Å². The highest BCUT2D eigenvalue weighted by atomic mass is 16.2. The highest BCUT2D eigenvalue weighted by Gasteiger charge is 2.26. The SMILES string of the molecule is C#C[C@@H]1CCC(C)CN1C(=O)C=C. The van der Waals surface area contributed by atoms with Crippen LogP contribution in [0.3, 0.4) is 0 Å². The van der Waals surface area contributed by atoms with Crippen molar-refractivity contribution in [1.29, 1.82) is 0 Å². The molecule has 13 heavy (non-hydrogen) atoms. The Balaban J connectivity index is 2.71. The van der Waals surface area contributed by atoms with E-state index >= 15 is 0 Å². The van der Waals surface area contributed by atoms with Crippen LogP contribution in [0, 0.1) is 18.3 Å². The lowest BCUT2D eigenvalue weighted by molar-refractivity contribution is -0.129. The summed E-state index contributed by atoms with van der Waals surface area (Å²) in [5.74, 6) is 3.15. The Morgan fingerprint density at radius 1 is 1.69 bits per heavy atom. The number of terminal acetylenes is 1. The van der Waals surface area contributed by atoms with Crippen LogP contribution in [0.1, 0.15) is 19.8 Å². The van der Waals surface area contributed by atoms with Crippen molar-refractivity contribution >= 4 is 5.91 Å². The summed E-state index contributed by atoms with van der Waals surface area (Å²) >= 11 is 0. The van der Waals surface area contributed by atoms with Crippen LogP contribution in [0.15, 0.2) is 12.7 Å². The third-order valence-electron chi connectivity index (χ3n) is 2.47. The summed E-state index contributed by atoms with van der Waals surface area (Å²) in [7, 11) is 0. The summed E-state index contributed by atoms with van der Waals surface area (Å²) < 4.78 is 0. The predicted molar refractivity (Wildman–Crippen MR) is 52.9 cm³/mol. The molecule has 1 aliphatic heterocycles. The highest BCUT2D eigenvalue weighted by molar-refractivity contribution is 5.87. The summed E-state index contributed by atoms with van der Waals surface area (Å²) in [5.41, 5.74) is 0. The summed E-state index contributed by atoms with van der Waals surface area (Å²) in [4.78, 5) is 13.1. The Kier molecular flexibility index (Phi) is 3.13. The molecule has 0 aliphatic carbocycles. The smallest absolute Gasteiger partial charge is 0.246 e. The molecule has 1 saturated heterocycles. The van der Waals surface area contributed by atoms with Gasteiger partial charge in [-0.15, -0.1) is 6.42 Å². The molecule has 1 fully saturated rings. The Morgan fingerprint density at radius 3 is 2.92 bits per heavy atom. The number of carbonyl (C=O) groups is 1. The molecule has 2 atom stereocenters. The van der Waals surface area contributed by atoms with E-state index < -0.39 is 0 Å². The van der Waals surface area contributed by atoms with E-state index in [2.05, 4.69) is 19.4 Å². The zero-order valence-electron chi connectivity index (χ0n) is 7.99. The molecule has 1 aliphatic rings. The van der Waals surface area contributed by atoms with Crippen molar-refractivity contribution in [3.8, 4) is 12.3 Å². The molecule has 70 valence electrons. The molecule has 0 spiro atoms. The van der Waals surface area contributed by atoms with E-state index in [0.29, 0.717) is 5.92 Å². The van der Waals surface area contributed by atoms with Gasteiger partial charge >= 0.3 is 0 Å². The second-order valence-electron chi connectivity index (χ2n) is 3.56. The number of likely N-dealkylation sites (tertiary alicyclic amines) is 1. The monoisotopic (exact) mass is 177 g/mol. The van der Waals surface area contributed by atoms with Crippen molar-refractivity contribution < 1.29 is 4.79 Å². The van der Waals surface area contributed by atoms with Crippen molar-refractivity contribution in [2.45, 2.75) is 25.8 Å². The van der Waals surface area contributed by atoms with Crippen LogP contribution < -0.4 is 0 Å². The summed E-state index contributed by atoms with van der Waals surface area (Å²) in [6.45, 7) is 6.37. The lowest BCUT2D eigenvalue weighted by Gasteiger charge is -2.35. The van der Waals surface area contributed by atoms with Crippen LogP contribution >= 0.6 is 0 Å². The van der Waals surface area contributed by atoms with Crippen LogP contribution in [0.2, 0.25) is 0 Å². The van der Waals surface area contributed by atoms with E-state index in [0.717, 1.165) is 19.4 Å². The number of hydrogen-bond acceptors (Lipinski definition) is 1. The van der Waals surface area contributed by atoms with Crippen LogP contribution in [0.5, 0.6) is 0 Å². The van der Waals surface area contributed by atoms with Gasteiger partial charge in [-0.2, -0.15) is 0 Å². The maximum atomic E-state index is 11.4. The molecule has 1 amide bonds. The summed E-state index contributed by atoms with van der Waals surface area (Å²) in [6.07, 6.45) is 8.71. The van der Waals surface area contributed by atoms with E-state index in [4.69, 9.17) is 6.42 Å². The molecule has 1 heterocycles. The van der Waals surface area contributed by atoms with Crippen molar-refractivity contribution in [2.24, 2.45) is 5.92 Å². The second kappa shape index (κ2) is 4.13. The molecule has 0 saturated carbocycles. The number of carbonyl (C=O) groups excluding carboxylic acids is 1. The summed E-state index contributed by atoms with van der Waals surface area (Å²) in [5, 5.41) is 0. The Labute approximate surface area is 79.6 Å². The van der Waals surface area contributed by atoms with Crippen molar-refractivity contribution in [3.05, 3.63) is 12.7 Å². The number of amides is 1. The van der Waals surface area contributed by atoms with E-state index in [9.17, 15) is 4.79 Å². The molecule has 1 rings (SSSR count). The molecule has 0 aromatic heterocycles. The Hall–Kier alpha value is -1.23. The fraction of sp³-hybridized carbons (Fsp3) is 0.545. The quantitative estimate of drug-likeness (QED) is 0.438. The molecule has 2 heteroatoms. The highest BCUT2D eigenvalue weighted by Crippen LogP contribution is 2.21. The molecule has 1 unspecified atom stereocenters. The molecular formula is C11H15NO. The van der Waals surface area contributed by atoms with Crippen molar-refractivity contribution in [2.75, 3.05) is 6.54 Å². The summed E-state index contributed by atoms with van der Waals surface area (Å²) in [6, 6.07) is -0.0262. The zero-order valence-corrected chi connectivity index (χ0v) is 7.99. The van der Waals surface area contributed by atoms with Crippen LogP contribution in [0.25, 0.3) is 0 Å². The van der Waals surface area contributed by atoms with Gasteiger partial charge in [0.1, 0.15) is 0 Å². The standard InChI is InChI=1S/C11H15NO/c1-4-10-7-6-9(3)8-12(10)11(13)5-2/h1,5,9-10H,2,6-8H2,3H3/t9?,10-/m1/s1. The molecule has 0 N–H and O–H groups in total. The van der Waals surface area contributed by atoms with Gasteiger partial charge in [-0.3, -0.25) is 4.79 Å². The minimum Gasteiger partial charge on any atom is -0.325 e. The number of hydrogen-bond donors (Lipinski definition) is 0. The zero-order chi connectivity index (χ0) is 9.84. The van der Waals surface area contributed by atoms with Gasteiger partial charge < -0.3 is 4.90 Å². The van der Waals surface area contributed by atoms with Crippen molar-refractivity contribution in [1.82, 2.24) is 4.90 Å². The number of rotatable bonds is 1. The van der Waals surface area contributed by atoms with Crippen LogP contribution in [-0.4, -0.2) is 23.4 Å². The van der Waals surface area contributed by atoms with Crippen molar-refractivity contribution in [3.63, 3.8) is 0 Å². The van der Waals surface area contributed by atoms with Gasteiger partial charge in [0, 0.05) is 6.54 Å². The van der Waals surface area contributed by atoms with Gasteiger partial charge in [0.25, 0.3) is 0 Å². The van der Waals surface area contributed by atoms with Crippen LogP contribution in [-0.2, 0) is 4.79 Å². The van der Waals surface area contributed by atoms with E-state index in [1.165, 1.54) is 6.08 Å². The fourth-order valence-electron chi connectivity index (χ4n) is 1.69. The first-order valence-corrected chi connectivity index (χ1v) is 4.58. The van der Waals surface area contributed by atoms with Gasteiger partial charge in [-0.1, -0.05) is 19.4 Å². The molecule has 0 radical (unpaired) electrons. The Bertz CT molecular complexity index is 251. The van der Waals surface area contributed by atoms with Gasteiger partial charge in [0.05, 0.1) is 6.04 Å². The minimum atomic E-state index is -0.0468. The Morgan fingerprint density at radius 2 is 2.38 bits per heavy atom. The van der Waals surface area contributed by atoms with E-state index in [1.54, 1.807) is 4.90 Å². The number of nitrogens with zero attached hydrogens (tertiary/aromatic N) is 1. The van der Waals surface area contributed by atoms with Crippen LogP contribution in [0.4, 0.5) is 0 Å². The normalized spacial score (nSPS) is 27.8. The molecular weight excluding hydrogens is 162 g/mol. The molecule has 0 aromatic rings. The lowest BCUT2D eigenvalue weighted by atomic mass is 9.94. The first kappa shape index (κ1) is 9.85. The van der Waals surface area contributed by atoms with Gasteiger partial charge in [0.2, 0.25) is 5.91 Å². The molecule has 0 bridgehead atoms. The maximum Gasteiger partial charge on any atom is 0.246 e. The lowest BCUT2D eigenvalue weighted by Crippen LogP contribution is -2.44. The molecule has 0 aromatic carbocycles. The molecule has 2 nitrogen and oxygen atoms in total. The first-order valence-electron chi connectivity index (χ1n) is 4.58. The largest absolute Gasteiger partial charge is 0.325 e. The van der Waals surface area contributed by atoms with Gasteiger partial charge in [-0.25, -0.2) is 0 Å². The first-order chi connectivity index (χ1) is 6.19. The van der Waals surface area contributed by atoms with Gasteiger partial charge in [0.15, 0.2) is 0 Å². The third kappa shape index (κ3) is 2.12. The average Bonchev–Trinajstić information content (AvgIpc) is 2.16. The number of piperidine rings is 1. The van der Waals surface area contributed by atoms with E-state index in [1.807, 2.05) is 0 Å². The topological polar surface area (TPSA) is 20.3 Å². The predicted octanol–water partition coefficient (Wildman–Crippen LogP) is 1.43. The van der Waals surface area contributed by atoms with Gasteiger partial charge in [-0.05, 0) is 24.8 Å². The maximum absolute atomic E-state index is 11.4. The second-order valence-corrected chi connectivity index (χ2v) is 3.56. The average molecular weight is 177 g/mol. The minimum absolute atomic E-state index is 0.0262. The fourth-order valence-corrected chi connectivity index (χ4v) is 1.69. The third-order valence-corrected chi connectivity index (χ3v) is 2.47.